The third-order valence-electron chi connectivity index (χ3n) is 5.11. The lowest BCUT2D eigenvalue weighted by atomic mass is 10.0. The molecule has 29 heavy (non-hydrogen) atoms. The Hall–Kier alpha value is -2.90. The molecule has 0 saturated carbocycles. The molecular weight excluding hydrogens is 374 g/mol. The lowest BCUT2D eigenvalue weighted by molar-refractivity contribution is -0.144. The molecule has 2 amide bonds. The Morgan fingerprint density at radius 1 is 1.28 bits per heavy atom. The molecule has 1 fully saturated rings. The molecule has 0 bridgehead atoms. The summed E-state index contributed by atoms with van der Waals surface area (Å²) in [5, 5.41) is 2.31. The van der Waals surface area contributed by atoms with E-state index in [2.05, 4.69) is 5.32 Å². The maximum Gasteiger partial charge on any atom is 0.329 e. The number of imide groups is 1. The van der Waals surface area contributed by atoms with Crippen LogP contribution in [0.1, 0.15) is 51.1 Å². The Morgan fingerprint density at radius 2 is 2.03 bits per heavy atom. The Bertz CT molecular complexity index is 1000. The summed E-state index contributed by atoms with van der Waals surface area (Å²) in [5.41, 5.74) is 2.05. The summed E-state index contributed by atoms with van der Waals surface area (Å²) in [6.07, 6.45) is 2.03. The van der Waals surface area contributed by atoms with Crippen LogP contribution < -0.4 is 11.0 Å². The van der Waals surface area contributed by atoms with E-state index in [0.29, 0.717) is 43.7 Å². The summed E-state index contributed by atoms with van der Waals surface area (Å²) in [6, 6.07) is 4.87. The Labute approximate surface area is 168 Å². The van der Waals surface area contributed by atoms with Gasteiger partial charge in [-0.1, -0.05) is 26.0 Å². The van der Waals surface area contributed by atoms with Crippen molar-refractivity contribution in [1.82, 2.24) is 14.5 Å². The van der Waals surface area contributed by atoms with Crippen LogP contribution in [0.2, 0.25) is 0 Å². The first kappa shape index (κ1) is 20.8. The zero-order chi connectivity index (χ0) is 21.1. The number of imidazole rings is 1. The molecular formula is C21H27N3O5. The molecule has 156 valence electrons. The number of aromatic nitrogens is 2. The molecule has 1 N–H and O–H groups in total. The molecule has 1 aromatic carbocycles. The van der Waals surface area contributed by atoms with Gasteiger partial charge in [0.2, 0.25) is 11.8 Å². The van der Waals surface area contributed by atoms with Gasteiger partial charge in [0.25, 0.3) is 0 Å². The van der Waals surface area contributed by atoms with Crippen molar-refractivity contribution >= 4 is 28.8 Å². The molecule has 0 radical (unpaired) electrons. The Kier molecular flexibility index (Phi) is 6.20. The number of benzene rings is 1. The maximum atomic E-state index is 12.9. The van der Waals surface area contributed by atoms with Crippen molar-refractivity contribution in [3.05, 3.63) is 34.2 Å². The second kappa shape index (κ2) is 8.63. The second-order valence-electron chi connectivity index (χ2n) is 7.89. The zero-order valence-electron chi connectivity index (χ0n) is 17.1. The van der Waals surface area contributed by atoms with Gasteiger partial charge in [0, 0.05) is 19.9 Å². The molecule has 1 saturated heterocycles. The quantitative estimate of drug-likeness (QED) is 0.564. The van der Waals surface area contributed by atoms with Crippen molar-refractivity contribution in [1.29, 1.82) is 0 Å². The predicted molar refractivity (Wildman–Crippen MR) is 107 cm³/mol. The molecule has 2 aromatic rings. The Balaban J connectivity index is 1.82. The van der Waals surface area contributed by atoms with E-state index in [1.165, 1.54) is 9.13 Å². The number of hydrogen-bond donors (Lipinski definition) is 1. The predicted octanol–water partition coefficient (Wildman–Crippen LogP) is 1.84. The molecule has 0 aliphatic carbocycles. The van der Waals surface area contributed by atoms with Crippen molar-refractivity contribution in [2.75, 3.05) is 6.61 Å². The number of para-hydroxylation sites is 1. The number of aryl methyl sites for hydroxylation is 2. The van der Waals surface area contributed by atoms with E-state index in [4.69, 9.17) is 4.74 Å². The van der Waals surface area contributed by atoms with Gasteiger partial charge in [-0.15, -0.1) is 0 Å². The highest BCUT2D eigenvalue weighted by atomic mass is 16.5. The number of nitrogens with one attached hydrogen (secondary N) is 1. The summed E-state index contributed by atoms with van der Waals surface area (Å²) < 4.78 is 8.21. The minimum Gasteiger partial charge on any atom is -0.465 e. The van der Waals surface area contributed by atoms with Gasteiger partial charge in [0.05, 0.1) is 17.6 Å². The summed E-state index contributed by atoms with van der Waals surface area (Å²) in [5.74, 6) is -0.686. The summed E-state index contributed by atoms with van der Waals surface area (Å²) in [6.45, 7) is 4.39. The smallest absolute Gasteiger partial charge is 0.329 e. The average molecular weight is 401 g/mol. The number of carbonyl (C=O) groups excluding carboxylic acids is 3. The zero-order valence-corrected chi connectivity index (χ0v) is 17.1. The minimum absolute atomic E-state index is 0.206. The van der Waals surface area contributed by atoms with E-state index in [-0.39, 0.29) is 24.0 Å². The molecule has 8 heteroatoms. The number of fused-ring (bicyclic) bond motifs is 1. The van der Waals surface area contributed by atoms with Crippen LogP contribution in [0.4, 0.5) is 0 Å². The number of piperidine rings is 1. The molecule has 1 aromatic heterocycles. The third-order valence-corrected chi connectivity index (χ3v) is 5.11. The molecule has 0 spiro atoms. The van der Waals surface area contributed by atoms with E-state index in [9.17, 15) is 19.2 Å². The number of hydrogen-bond acceptors (Lipinski definition) is 5. The standard InChI is InChI=1S/C21H27N3O5/c1-13(2)12-29-18(26)9-5-7-14-6-4-8-15-19(14)23(3)21(28)24(15)16-10-11-17(25)22-20(16)27/h4,6,8,13,16H,5,7,9-12H2,1-3H3,(H,22,25,27). The maximum absolute atomic E-state index is 12.9. The molecule has 2 heterocycles. The highest BCUT2D eigenvalue weighted by Gasteiger charge is 2.31. The van der Waals surface area contributed by atoms with Gasteiger partial charge < -0.3 is 4.74 Å². The molecule has 1 aliphatic heterocycles. The van der Waals surface area contributed by atoms with Crippen molar-refractivity contribution in [3.63, 3.8) is 0 Å². The molecule has 1 unspecified atom stereocenters. The van der Waals surface area contributed by atoms with Gasteiger partial charge in [-0.25, -0.2) is 4.79 Å². The van der Waals surface area contributed by atoms with Crippen molar-refractivity contribution in [3.8, 4) is 0 Å². The number of nitrogens with zero attached hydrogens (tertiary/aromatic N) is 2. The van der Waals surface area contributed by atoms with Crippen LogP contribution in [0.15, 0.2) is 23.0 Å². The monoisotopic (exact) mass is 401 g/mol. The van der Waals surface area contributed by atoms with E-state index < -0.39 is 11.9 Å². The minimum atomic E-state index is -0.704. The van der Waals surface area contributed by atoms with E-state index in [0.717, 1.165) is 11.1 Å². The summed E-state index contributed by atoms with van der Waals surface area (Å²) in [4.78, 5) is 48.5. The number of rotatable bonds is 7. The van der Waals surface area contributed by atoms with Gasteiger partial charge in [-0.3, -0.25) is 28.8 Å². The van der Waals surface area contributed by atoms with Crippen LogP contribution in [0.5, 0.6) is 0 Å². The summed E-state index contributed by atoms with van der Waals surface area (Å²) in [7, 11) is 1.67. The van der Waals surface area contributed by atoms with Crippen LogP contribution in [0, 0.1) is 5.92 Å². The van der Waals surface area contributed by atoms with Gasteiger partial charge in [-0.05, 0) is 36.8 Å². The largest absolute Gasteiger partial charge is 0.465 e. The van der Waals surface area contributed by atoms with Crippen molar-refractivity contribution in [2.45, 2.75) is 52.0 Å². The fourth-order valence-electron chi connectivity index (χ4n) is 3.71. The second-order valence-corrected chi connectivity index (χ2v) is 7.89. The summed E-state index contributed by atoms with van der Waals surface area (Å²) >= 11 is 0. The highest BCUT2D eigenvalue weighted by molar-refractivity contribution is 6.00. The highest BCUT2D eigenvalue weighted by Crippen LogP contribution is 2.25. The first-order chi connectivity index (χ1) is 13.8. The average Bonchev–Trinajstić information content (AvgIpc) is 2.92. The molecule has 1 aliphatic rings. The van der Waals surface area contributed by atoms with E-state index >= 15 is 0 Å². The molecule has 3 rings (SSSR count). The van der Waals surface area contributed by atoms with Crippen molar-refractivity contribution in [2.24, 2.45) is 13.0 Å². The molecule has 1 atom stereocenters. The molecule has 8 nitrogen and oxygen atoms in total. The van der Waals surface area contributed by atoms with Gasteiger partial charge >= 0.3 is 11.7 Å². The van der Waals surface area contributed by atoms with Crippen molar-refractivity contribution < 1.29 is 19.1 Å². The lowest BCUT2D eigenvalue weighted by Crippen LogP contribution is -2.44. The number of carbonyl (C=O) groups is 3. The number of amides is 2. The van der Waals surface area contributed by atoms with Crippen LogP contribution in [-0.2, 0) is 32.6 Å². The van der Waals surface area contributed by atoms with Crippen LogP contribution in [0.3, 0.4) is 0 Å². The first-order valence-corrected chi connectivity index (χ1v) is 9.97. The van der Waals surface area contributed by atoms with E-state index in [1.54, 1.807) is 13.1 Å². The van der Waals surface area contributed by atoms with Crippen LogP contribution in [-0.4, -0.2) is 33.5 Å². The number of esters is 1. The SMILES string of the molecule is CC(C)COC(=O)CCCc1cccc2c1n(C)c(=O)n2C1CCC(=O)NC1=O. The van der Waals surface area contributed by atoms with Crippen LogP contribution >= 0.6 is 0 Å². The third kappa shape index (κ3) is 4.41. The van der Waals surface area contributed by atoms with E-state index in [1.807, 2.05) is 26.0 Å². The fourth-order valence-corrected chi connectivity index (χ4v) is 3.71. The topological polar surface area (TPSA) is 99.4 Å². The normalized spacial score (nSPS) is 17.0. The lowest BCUT2D eigenvalue weighted by Gasteiger charge is -2.21. The van der Waals surface area contributed by atoms with Gasteiger partial charge in [0.15, 0.2) is 0 Å². The Morgan fingerprint density at radius 3 is 2.72 bits per heavy atom. The first-order valence-electron chi connectivity index (χ1n) is 9.97. The number of ether oxygens (including phenoxy) is 1. The van der Waals surface area contributed by atoms with Gasteiger partial charge in [-0.2, -0.15) is 0 Å². The van der Waals surface area contributed by atoms with Crippen LogP contribution in [0.25, 0.3) is 11.0 Å². The van der Waals surface area contributed by atoms with Gasteiger partial charge in [0.1, 0.15) is 6.04 Å². The fraction of sp³-hybridized carbons (Fsp3) is 0.524.